The van der Waals surface area contributed by atoms with E-state index in [1.807, 2.05) is 6.92 Å². The van der Waals surface area contributed by atoms with Gasteiger partial charge in [-0.25, -0.2) is 14.0 Å². The van der Waals surface area contributed by atoms with E-state index >= 15 is 0 Å². The number of nitrogens with one attached hydrogen (secondary N) is 3. The summed E-state index contributed by atoms with van der Waals surface area (Å²) in [5.41, 5.74) is 2.09. The molecule has 0 aliphatic heterocycles. The first-order valence-electron chi connectivity index (χ1n) is 9.82. The summed E-state index contributed by atoms with van der Waals surface area (Å²) < 4.78 is 21.1. The Bertz CT molecular complexity index is 1170. The van der Waals surface area contributed by atoms with Crippen molar-refractivity contribution in [2.24, 2.45) is 4.36 Å². The number of nitrogens with zero attached hydrogens (tertiary/aromatic N) is 4. The van der Waals surface area contributed by atoms with Crippen molar-refractivity contribution in [3.05, 3.63) is 42.7 Å². The maximum absolute atomic E-state index is 12.7. The lowest BCUT2D eigenvalue weighted by molar-refractivity contribution is 0.164. The minimum absolute atomic E-state index is 0.0657. The van der Waals surface area contributed by atoms with Gasteiger partial charge in [0.15, 0.2) is 0 Å². The monoisotopic (exact) mass is 459 g/mol. The molecule has 2 aromatic heterocycles. The van der Waals surface area contributed by atoms with Crippen LogP contribution >= 0.6 is 0 Å². The molecule has 3 rings (SSSR count). The summed E-state index contributed by atoms with van der Waals surface area (Å²) in [6.45, 7) is 3.58. The first-order valence-corrected chi connectivity index (χ1v) is 11.7. The summed E-state index contributed by atoms with van der Waals surface area (Å²) in [5.74, 6) is 0.844. The quantitative estimate of drug-likeness (QED) is 0.398. The van der Waals surface area contributed by atoms with Crippen molar-refractivity contribution in [1.82, 2.24) is 20.2 Å². The highest BCUT2D eigenvalue weighted by Gasteiger charge is 2.14. The molecule has 0 spiro atoms. The molecule has 0 saturated heterocycles. The van der Waals surface area contributed by atoms with Crippen molar-refractivity contribution in [2.75, 3.05) is 30.1 Å². The molecular formula is C20H25N7O4S. The van der Waals surface area contributed by atoms with Crippen molar-refractivity contribution < 1.29 is 18.8 Å². The van der Waals surface area contributed by atoms with E-state index in [4.69, 9.17) is 4.74 Å². The SMILES string of the molecule is CCOC(=O)N=S(C)(=O)c1ccc(Nc2ncc(-c3ccn[nH]3)c(N[C@H](C)CO)n2)cc1. The van der Waals surface area contributed by atoms with Crippen LogP contribution in [0.4, 0.5) is 22.2 Å². The van der Waals surface area contributed by atoms with Crippen LogP contribution in [0.3, 0.4) is 0 Å². The van der Waals surface area contributed by atoms with Gasteiger partial charge in [0, 0.05) is 35.3 Å². The van der Waals surface area contributed by atoms with Crippen LogP contribution in [-0.4, -0.2) is 61.1 Å². The van der Waals surface area contributed by atoms with Gasteiger partial charge in [0.25, 0.3) is 0 Å². The second kappa shape index (κ2) is 10.2. The van der Waals surface area contributed by atoms with Crippen LogP contribution < -0.4 is 10.6 Å². The first-order chi connectivity index (χ1) is 15.3. The Hall–Kier alpha value is -3.51. The Morgan fingerprint density at radius 3 is 2.69 bits per heavy atom. The highest BCUT2D eigenvalue weighted by atomic mass is 32.2. The van der Waals surface area contributed by atoms with E-state index in [1.54, 1.807) is 49.6 Å². The van der Waals surface area contributed by atoms with Gasteiger partial charge < -0.3 is 20.5 Å². The number of hydrogen-bond donors (Lipinski definition) is 4. The molecule has 3 aromatic rings. The molecule has 0 fully saturated rings. The molecule has 2 heterocycles. The second-order valence-corrected chi connectivity index (χ2v) is 9.16. The number of carbonyl (C=O) groups excluding carboxylic acids is 1. The zero-order valence-electron chi connectivity index (χ0n) is 17.9. The molecule has 2 atom stereocenters. The standard InChI is InChI=1S/C20H25N7O4S/c1-4-31-20(29)27-32(3,30)15-7-5-14(6-8-15)24-19-21-11-16(17-9-10-22-26-17)18(25-19)23-13(2)12-28/h5-11,13,28H,4,12H2,1-3H3,(H,22,26)(H2,21,23,24,25)/t13-,32?/m1/s1. The molecular weight excluding hydrogens is 434 g/mol. The number of benzene rings is 1. The van der Waals surface area contributed by atoms with Gasteiger partial charge in [-0.1, -0.05) is 0 Å². The summed E-state index contributed by atoms with van der Waals surface area (Å²) in [5, 5.41) is 22.5. The number of aromatic nitrogens is 4. The smallest absolute Gasteiger partial charge is 0.442 e. The molecule has 4 N–H and O–H groups in total. The number of amides is 1. The second-order valence-electron chi connectivity index (χ2n) is 6.90. The Balaban J connectivity index is 1.83. The number of aromatic amines is 1. The average Bonchev–Trinajstić information content (AvgIpc) is 3.28. The molecule has 0 bridgehead atoms. The number of aliphatic hydroxyl groups is 1. The third kappa shape index (κ3) is 5.80. The molecule has 0 aliphatic carbocycles. The molecule has 1 unspecified atom stereocenters. The fourth-order valence-electron chi connectivity index (χ4n) is 2.70. The number of anilines is 3. The van der Waals surface area contributed by atoms with E-state index < -0.39 is 15.8 Å². The van der Waals surface area contributed by atoms with Crippen molar-refractivity contribution >= 4 is 33.3 Å². The van der Waals surface area contributed by atoms with Crippen molar-refractivity contribution in [3.63, 3.8) is 0 Å². The molecule has 0 radical (unpaired) electrons. The number of aliphatic hydroxyl groups excluding tert-OH is 1. The van der Waals surface area contributed by atoms with Gasteiger partial charge in [-0.15, -0.1) is 4.36 Å². The lowest BCUT2D eigenvalue weighted by Crippen LogP contribution is -2.21. The Morgan fingerprint density at radius 1 is 1.31 bits per heavy atom. The normalized spacial score (nSPS) is 13.6. The van der Waals surface area contributed by atoms with Crippen LogP contribution in [0.2, 0.25) is 0 Å². The summed E-state index contributed by atoms with van der Waals surface area (Å²) in [4.78, 5) is 20.8. The van der Waals surface area contributed by atoms with Gasteiger partial charge in [-0.3, -0.25) is 5.10 Å². The summed E-state index contributed by atoms with van der Waals surface area (Å²) in [7, 11) is -2.93. The van der Waals surface area contributed by atoms with Gasteiger partial charge in [0.05, 0.1) is 34.2 Å². The van der Waals surface area contributed by atoms with Crippen LogP contribution in [-0.2, 0) is 14.5 Å². The van der Waals surface area contributed by atoms with Crippen molar-refractivity contribution in [3.8, 4) is 11.3 Å². The largest absolute Gasteiger partial charge is 0.448 e. The highest BCUT2D eigenvalue weighted by molar-refractivity contribution is 7.93. The van der Waals surface area contributed by atoms with Gasteiger partial charge in [-0.2, -0.15) is 10.1 Å². The highest BCUT2D eigenvalue weighted by Crippen LogP contribution is 2.26. The number of carbonyl (C=O) groups is 1. The predicted octanol–water partition coefficient (Wildman–Crippen LogP) is 3.02. The third-order valence-electron chi connectivity index (χ3n) is 4.30. The molecule has 0 saturated carbocycles. The van der Waals surface area contributed by atoms with Crippen molar-refractivity contribution in [2.45, 2.75) is 24.8 Å². The molecule has 32 heavy (non-hydrogen) atoms. The Labute approximate surface area is 185 Å². The van der Waals surface area contributed by atoms with Crippen LogP contribution in [0.1, 0.15) is 13.8 Å². The molecule has 11 nitrogen and oxygen atoms in total. The third-order valence-corrected chi connectivity index (χ3v) is 5.95. The summed E-state index contributed by atoms with van der Waals surface area (Å²) in [6, 6.07) is 8.17. The van der Waals surface area contributed by atoms with Gasteiger partial charge in [0.1, 0.15) is 5.82 Å². The lowest BCUT2D eigenvalue weighted by atomic mass is 10.2. The fourth-order valence-corrected chi connectivity index (χ4v) is 3.78. The van der Waals surface area contributed by atoms with Gasteiger partial charge >= 0.3 is 6.09 Å². The van der Waals surface area contributed by atoms with E-state index in [-0.39, 0.29) is 19.3 Å². The zero-order chi connectivity index (χ0) is 23.1. The summed E-state index contributed by atoms with van der Waals surface area (Å²) >= 11 is 0. The Morgan fingerprint density at radius 2 is 2.06 bits per heavy atom. The molecule has 1 amide bonds. The fraction of sp³-hybridized carbons (Fsp3) is 0.300. The van der Waals surface area contributed by atoms with E-state index in [0.717, 1.165) is 5.69 Å². The number of H-pyrrole nitrogens is 1. The van der Waals surface area contributed by atoms with E-state index in [2.05, 4.69) is 35.2 Å². The number of hydrogen-bond acceptors (Lipinski definition) is 9. The molecule has 170 valence electrons. The maximum Gasteiger partial charge on any atom is 0.442 e. The zero-order valence-corrected chi connectivity index (χ0v) is 18.7. The summed E-state index contributed by atoms with van der Waals surface area (Å²) in [6.07, 6.45) is 3.79. The van der Waals surface area contributed by atoms with E-state index in [9.17, 15) is 14.1 Å². The predicted molar refractivity (Wildman–Crippen MR) is 121 cm³/mol. The molecule has 0 aliphatic rings. The maximum atomic E-state index is 12.7. The Kier molecular flexibility index (Phi) is 7.38. The van der Waals surface area contributed by atoms with Crippen LogP contribution in [0.5, 0.6) is 0 Å². The topological polar surface area (TPSA) is 154 Å². The minimum atomic E-state index is -2.93. The van der Waals surface area contributed by atoms with Gasteiger partial charge in [-0.05, 0) is 44.2 Å². The van der Waals surface area contributed by atoms with Crippen LogP contribution in [0, 0.1) is 0 Å². The van der Waals surface area contributed by atoms with E-state index in [1.165, 1.54) is 6.26 Å². The molecule has 12 heteroatoms. The minimum Gasteiger partial charge on any atom is -0.448 e. The first kappa shape index (κ1) is 23.2. The number of rotatable bonds is 8. The van der Waals surface area contributed by atoms with E-state index in [0.29, 0.717) is 27.9 Å². The van der Waals surface area contributed by atoms with Gasteiger partial charge in [0.2, 0.25) is 5.95 Å². The lowest BCUT2D eigenvalue weighted by Gasteiger charge is -2.16. The average molecular weight is 460 g/mol. The molecule has 1 aromatic carbocycles. The van der Waals surface area contributed by atoms with Crippen molar-refractivity contribution in [1.29, 1.82) is 0 Å². The van der Waals surface area contributed by atoms with Crippen LogP contribution in [0.15, 0.2) is 52.0 Å². The van der Waals surface area contributed by atoms with Crippen LogP contribution in [0.25, 0.3) is 11.3 Å². The number of ether oxygens (including phenoxy) is 1.